The van der Waals surface area contributed by atoms with E-state index in [0.717, 1.165) is 4.90 Å². The number of nitrogens with one attached hydrogen (secondary N) is 1. The minimum absolute atomic E-state index is 0.0882. The summed E-state index contributed by atoms with van der Waals surface area (Å²) in [4.78, 5) is 26.0. The third kappa shape index (κ3) is 5.10. The molecular formula is C17H17FN2O2S. The van der Waals surface area contributed by atoms with E-state index < -0.39 is 0 Å². The van der Waals surface area contributed by atoms with Gasteiger partial charge in [0, 0.05) is 30.2 Å². The van der Waals surface area contributed by atoms with Crippen LogP contribution in [-0.4, -0.2) is 36.6 Å². The van der Waals surface area contributed by atoms with Crippen LogP contribution in [0, 0.1) is 5.82 Å². The first-order chi connectivity index (χ1) is 11.0. The van der Waals surface area contributed by atoms with Crippen LogP contribution in [0.25, 0.3) is 0 Å². The van der Waals surface area contributed by atoms with Crippen molar-refractivity contribution in [1.29, 1.82) is 0 Å². The maximum absolute atomic E-state index is 12.8. The van der Waals surface area contributed by atoms with Crippen LogP contribution in [-0.2, 0) is 4.79 Å². The second-order valence-electron chi connectivity index (χ2n) is 5.07. The summed E-state index contributed by atoms with van der Waals surface area (Å²) in [5, 5.41) is 2.76. The normalized spacial score (nSPS) is 10.2. The number of amides is 2. The molecule has 0 unspecified atom stereocenters. The number of anilines is 1. The van der Waals surface area contributed by atoms with Crippen molar-refractivity contribution in [2.75, 3.05) is 25.2 Å². The molecule has 0 heterocycles. The van der Waals surface area contributed by atoms with Crippen molar-refractivity contribution in [1.82, 2.24) is 4.90 Å². The van der Waals surface area contributed by atoms with E-state index in [2.05, 4.69) is 5.32 Å². The number of carbonyl (C=O) groups excluding carboxylic acids is 2. The van der Waals surface area contributed by atoms with E-state index in [1.807, 2.05) is 0 Å². The van der Waals surface area contributed by atoms with Gasteiger partial charge >= 0.3 is 0 Å². The van der Waals surface area contributed by atoms with E-state index in [0.29, 0.717) is 11.3 Å². The van der Waals surface area contributed by atoms with E-state index >= 15 is 0 Å². The number of hydrogen-bond donors (Lipinski definition) is 1. The fraction of sp³-hybridized carbons (Fsp3) is 0.176. The molecule has 0 bridgehead atoms. The molecule has 0 atom stereocenters. The fourth-order valence-electron chi connectivity index (χ4n) is 1.83. The standard InChI is InChI=1S/C17H17FN2O2S/c1-20(2)17(22)12-3-7-14(8-4-12)19-16(21)11-23-15-9-5-13(18)6-10-15/h3-10H,11H2,1-2H3,(H,19,21). The predicted molar refractivity (Wildman–Crippen MR) is 90.2 cm³/mol. The lowest BCUT2D eigenvalue weighted by Crippen LogP contribution is -2.21. The Bertz CT molecular complexity index is 685. The summed E-state index contributed by atoms with van der Waals surface area (Å²) < 4.78 is 12.8. The van der Waals surface area contributed by atoms with Crippen LogP contribution >= 0.6 is 11.8 Å². The number of carbonyl (C=O) groups is 2. The first-order valence-corrected chi connectivity index (χ1v) is 7.94. The number of benzene rings is 2. The smallest absolute Gasteiger partial charge is 0.253 e. The van der Waals surface area contributed by atoms with Crippen LogP contribution in [0.2, 0.25) is 0 Å². The Morgan fingerprint density at radius 3 is 2.22 bits per heavy atom. The average Bonchev–Trinajstić information content (AvgIpc) is 2.54. The Labute approximate surface area is 138 Å². The largest absolute Gasteiger partial charge is 0.345 e. The Balaban J connectivity index is 1.87. The first-order valence-electron chi connectivity index (χ1n) is 6.95. The van der Waals surface area contributed by atoms with Crippen molar-refractivity contribution in [3.63, 3.8) is 0 Å². The van der Waals surface area contributed by atoms with Crippen LogP contribution in [0.1, 0.15) is 10.4 Å². The summed E-state index contributed by atoms with van der Waals surface area (Å²) in [5.74, 6) is -0.323. The van der Waals surface area contributed by atoms with Crippen LogP contribution in [0.4, 0.5) is 10.1 Å². The summed E-state index contributed by atoms with van der Waals surface area (Å²) >= 11 is 1.33. The maximum atomic E-state index is 12.8. The van der Waals surface area contributed by atoms with Gasteiger partial charge in [-0.2, -0.15) is 0 Å². The van der Waals surface area contributed by atoms with Gasteiger partial charge in [0.05, 0.1) is 5.75 Å². The molecule has 2 amide bonds. The number of hydrogen-bond acceptors (Lipinski definition) is 3. The highest BCUT2D eigenvalue weighted by Gasteiger charge is 2.08. The molecule has 2 aromatic carbocycles. The van der Waals surface area contributed by atoms with Gasteiger partial charge < -0.3 is 10.2 Å². The third-order valence-corrected chi connectivity index (χ3v) is 4.02. The fourth-order valence-corrected chi connectivity index (χ4v) is 2.53. The second-order valence-corrected chi connectivity index (χ2v) is 6.12. The number of thioether (sulfide) groups is 1. The van der Waals surface area contributed by atoms with Crippen LogP contribution in [0.5, 0.6) is 0 Å². The molecule has 0 fully saturated rings. The first kappa shape index (κ1) is 17.0. The predicted octanol–water partition coefficient (Wildman–Crippen LogP) is 3.26. The number of nitrogens with zero attached hydrogens (tertiary/aromatic N) is 1. The molecule has 0 aliphatic carbocycles. The van der Waals surface area contributed by atoms with Gasteiger partial charge in [0.25, 0.3) is 5.91 Å². The summed E-state index contributed by atoms with van der Waals surface area (Å²) in [7, 11) is 3.37. The SMILES string of the molecule is CN(C)C(=O)c1ccc(NC(=O)CSc2ccc(F)cc2)cc1. The maximum Gasteiger partial charge on any atom is 0.253 e. The average molecular weight is 332 g/mol. The van der Waals surface area contributed by atoms with Crippen molar-refractivity contribution in [3.05, 3.63) is 59.9 Å². The van der Waals surface area contributed by atoms with Crippen molar-refractivity contribution < 1.29 is 14.0 Å². The lowest BCUT2D eigenvalue weighted by Gasteiger charge is -2.11. The number of halogens is 1. The van der Waals surface area contributed by atoms with Crippen molar-refractivity contribution in [2.24, 2.45) is 0 Å². The number of rotatable bonds is 5. The highest BCUT2D eigenvalue weighted by atomic mass is 32.2. The Hall–Kier alpha value is -2.34. The van der Waals surface area contributed by atoms with E-state index in [4.69, 9.17) is 0 Å². The van der Waals surface area contributed by atoms with Crippen molar-refractivity contribution >= 4 is 29.3 Å². The van der Waals surface area contributed by atoms with E-state index in [1.54, 1.807) is 50.5 Å². The van der Waals surface area contributed by atoms with Gasteiger partial charge in [-0.15, -0.1) is 11.8 Å². The van der Waals surface area contributed by atoms with Crippen molar-refractivity contribution in [3.8, 4) is 0 Å². The molecule has 0 aromatic heterocycles. The van der Waals surface area contributed by atoms with Crippen LogP contribution in [0.15, 0.2) is 53.4 Å². The van der Waals surface area contributed by atoms with Crippen LogP contribution in [0.3, 0.4) is 0 Å². The van der Waals surface area contributed by atoms with E-state index in [9.17, 15) is 14.0 Å². The van der Waals surface area contributed by atoms with Gasteiger partial charge in [-0.05, 0) is 48.5 Å². The highest BCUT2D eigenvalue weighted by molar-refractivity contribution is 8.00. The molecule has 23 heavy (non-hydrogen) atoms. The molecule has 2 aromatic rings. The molecular weight excluding hydrogens is 315 g/mol. The molecule has 0 saturated heterocycles. The molecule has 0 aliphatic rings. The molecule has 0 radical (unpaired) electrons. The molecule has 120 valence electrons. The molecule has 4 nitrogen and oxygen atoms in total. The van der Waals surface area contributed by atoms with Gasteiger partial charge in [0.1, 0.15) is 5.82 Å². The second kappa shape index (κ2) is 7.78. The zero-order valence-electron chi connectivity index (χ0n) is 12.9. The topological polar surface area (TPSA) is 49.4 Å². The lowest BCUT2D eigenvalue weighted by atomic mass is 10.2. The van der Waals surface area contributed by atoms with Crippen LogP contribution < -0.4 is 5.32 Å². The van der Waals surface area contributed by atoms with Gasteiger partial charge in [-0.1, -0.05) is 0 Å². The zero-order valence-corrected chi connectivity index (χ0v) is 13.7. The van der Waals surface area contributed by atoms with Gasteiger partial charge in [-0.25, -0.2) is 4.39 Å². The molecule has 0 spiro atoms. The van der Waals surface area contributed by atoms with E-state index in [-0.39, 0.29) is 23.4 Å². The molecule has 0 saturated carbocycles. The summed E-state index contributed by atoms with van der Waals surface area (Å²) in [5.41, 5.74) is 1.19. The molecule has 0 aliphatic heterocycles. The monoisotopic (exact) mass is 332 g/mol. The van der Waals surface area contributed by atoms with Gasteiger partial charge in [0.2, 0.25) is 5.91 Å². The minimum Gasteiger partial charge on any atom is -0.345 e. The zero-order chi connectivity index (χ0) is 16.8. The minimum atomic E-state index is -0.300. The Morgan fingerprint density at radius 2 is 1.65 bits per heavy atom. The summed E-state index contributed by atoms with van der Waals surface area (Å²) in [6.45, 7) is 0. The van der Waals surface area contributed by atoms with Gasteiger partial charge in [-0.3, -0.25) is 9.59 Å². The summed E-state index contributed by atoms with van der Waals surface area (Å²) in [6, 6.07) is 12.7. The Morgan fingerprint density at radius 1 is 1.04 bits per heavy atom. The highest BCUT2D eigenvalue weighted by Crippen LogP contribution is 2.18. The molecule has 6 heteroatoms. The molecule has 1 N–H and O–H groups in total. The Kier molecular flexibility index (Phi) is 5.76. The third-order valence-electron chi connectivity index (χ3n) is 3.01. The van der Waals surface area contributed by atoms with Crippen molar-refractivity contribution in [2.45, 2.75) is 4.90 Å². The summed E-state index contributed by atoms with van der Waals surface area (Å²) in [6.07, 6.45) is 0. The van der Waals surface area contributed by atoms with E-state index in [1.165, 1.54) is 28.8 Å². The molecule has 2 rings (SSSR count). The lowest BCUT2D eigenvalue weighted by molar-refractivity contribution is -0.113. The van der Waals surface area contributed by atoms with Gasteiger partial charge in [0.15, 0.2) is 0 Å². The quantitative estimate of drug-likeness (QED) is 0.855.